The highest BCUT2D eigenvalue weighted by Gasteiger charge is 2.24. The van der Waals surface area contributed by atoms with Crippen molar-refractivity contribution in [1.82, 2.24) is 10.2 Å². The van der Waals surface area contributed by atoms with E-state index in [0.717, 1.165) is 26.2 Å². The van der Waals surface area contributed by atoms with Crippen molar-refractivity contribution in [2.24, 2.45) is 0 Å². The molecule has 1 aliphatic heterocycles. The van der Waals surface area contributed by atoms with Crippen LogP contribution >= 0.6 is 0 Å². The van der Waals surface area contributed by atoms with E-state index in [1.807, 2.05) is 0 Å². The van der Waals surface area contributed by atoms with E-state index in [-0.39, 0.29) is 12.7 Å². The monoisotopic (exact) mass is 346 g/mol. The minimum atomic E-state index is -0.281. The first kappa shape index (κ1) is 16.0. The van der Waals surface area contributed by atoms with Gasteiger partial charge in [-0.1, -0.05) is 54.6 Å². The van der Waals surface area contributed by atoms with Crippen LogP contribution in [0.25, 0.3) is 32.3 Å². The lowest BCUT2D eigenvalue weighted by molar-refractivity contribution is 0.158. The summed E-state index contributed by atoms with van der Waals surface area (Å²) >= 11 is 0. The zero-order valence-electron chi connectivity index (χ0n) is 14.8. The minimum Gasteiger partial charge on any atom is -0.314 e. The minimum absolute atomic E-state index is 0.145. The Morgan fingerprint density at radius 3 is 2.23 bits per heavy atom. The summed E-state index contributed by atoms with van der Waals surface area (Å²) < 4.78 is 13.4. The first-order valence-corrected chi connectivity index (χ1v) is 9.54. The van der Waals surface area contributed by atoms with Crippen molar-refractivity contribution in [3.8, 4) is 0 Å². The van der Waals surface area contributed by atoms with Gasteiger partial charge in [0.05, 0.1) is 6.67 Å². The normalized spacial score (nSPS) is 17.4. The van der Waals surface area contributed by atoms with Crippen LogP contribution in [0.15, 0.2) is 54.6 Å². The fourth-order valence-electron chi connectivity index (χ4n) is 4.68. The molecular weight excluding hydrogens is 323 g/mol. The number of benzene rings is 4. The van der Waals surface area contributed by atoms with Gasteiger partial charge in [-0.3, -0.25) is 9.29 Å². The number of hydrogen-bond acceptors (Lipinski definition) is 2. The van der Waals surface area contributed by atoms with E-state index < -0.39 is 0 Å². The highest BCUT2D eigenvalue weighted by atomic mass is 19.1. The number of piperazine rings is 1. The van der Waals surface area contributed by atoms with Crippen molar-refractivity contribution in [3.63, 3.8) is 0 Å². The summed E-state index contributed by atoms with van der Waals surface area (Å²) in [5.41, 5.74) is 1.27. The SMILES string of the molecule is FCC[C@@H](c1ccc2ccc3cccc4ccc1c2c34)N1CCNCC1. The molecule has 3 heteroatoms. The van der Waals surface area contributed by atoms with Crippen LogP contribution < -0.4 is 5.32 Å². The van der Waals surface area contributed by atoms with E-state index in [1.54, 1.807) is 0 Å². The molecule has 1 saturated heterocycles. The van der Waals surface area contributed by atoms with Gasteiger partial charge in [-0.05, 0) is 44.3 Å². The average molecular weight is 346 g/mol. The third-order valence-electron chi connectivity index (χ3n) is 5.90. The number of halogens is 1. The van der Waals surface area contributed by atoms with Crippen molar-refractivity contribution >= 4 is 32.3 Å². The van der Waals surface area contributed by atoms with Gasteiger partial charge in [0.2, 0.25) is 0 Å². The highest BCUT2D eigenvalue weighted by Crippen LogP contribution is 2.39. The molecule has 0 aliphatic carbocycles. The largest absolute Gasteiger partial charge is 0.314 e. The molecule has 0 saturated carbocycles. The van der Waals surface area contributed by atoms with Crippen molar-refractivity contribution in [2.75, 3.05) is 32.9 Å². The van der Waals surface area contributed by atoms with E-state index >= 15 is 0 Å². The van der Waals surface area contributed by atoms with Gasteiger partial charge in [0, 0.05) is 32.2 Å². The molecule has 4 aromatic rings. The Labute approximate surface area is 152 Å². The van der Waals surface area contributed by atoms with Gasteiger partial charge in [-0.15, -0.1) is 0 Å². The van der Waals surface area contributed by atoms with Gasteiger partial charge in [-0.25, -0.2) is 0 Å². The van der Waals surface area contributed by atoms with Crippen molar-refractivity contribution < 1.29 is 4.39 Å². The van der Waals surface area contributed by atoms with Crippen LogP contribution in [0.4, 0.5) is 4.39 Å². The molecule has 1 atom stereocenters. The Bertz CT molecular complexity index is 1040. The van der Waals surface area contributed by atoms with Crippen molar-refractivity contribution in [3.05, 3.63) is 60.2 Å². The maximum atomic E-state index is 13.4. The van der Waals surface area contributed by atoms with E-state index in [4.69, 9.17) is 0 Å². The van der Waals surface area contributed by atoms with Gasteiger partial charge in [0.15, 0.2) is 0 Å². The first-order chi connectivity index (χ1) is 12.9. The standard InChI is InChI=1S/C23H23FN2/c24-11-10-21(26-14-12-25-13-15-26)19-8-6-18-5-4-16-2-1-3-17-7-9-20(19)23(18)22(16)17/h1-9,21,25H,10-15H2/t21-/m0/s1. The lowest BCUT2D eigenvalue weighted by atomic mass is 9.88. The van der Waals surface area contributed by atoms with Crippen molar-refractivity contribution in [1.29, 1.82) is 0 Å². The van der Waals surface area contributed by atoms with Crippen LogP contribution in [0.2, 0.25) is 0 Å². The molecule has 2 nitrogen and oxygen atoms in total. The average Bonchev–Trinajstić information content (AvgIpc) is 2.71. The van der Waals surface area contributed by atoms with Gasteiger partial charge < -0.3 is 5.32 Å². The van der Waals surface area contributed by atoms with Gasteiger partial charge in [0.25, 0.3) is 0 Å². The summed E-state index contributed by atoms with van der Waals surface area (Å²) in [7, 11) is 0. The maximum Gasteiger partial charge on any atom is 0.0912 e. The van der Waals surface area contributed by atoms with E-state index in [1.165, 1.54) is 37.9 Å². The summed E-state index contributed by atoms with van der Waals surface area (Å²) in [6, 6.07) is 20.0. The van der Waals surface area contributed by atoms with E-state index in [9.17, 15) is 4.39 Å². The molecule has 0 amide bonds. The molecule has 1 N–H and O–H groups in total. The summed E-state index contributed by atoms with van der Waals surface area (Å²) in [5.74, 6) is 0. The quantitative estimate of drug-likeness (QED) is 0.529. The molecule has 26 heavy (non-hydrogen) atoms. The molecule has 0 unspecified atom stereocenters. The van der Waals surface area contributed by atoms with Crippen LogP contribution in [0, 0.1) is 0 Å². The molecule has 0 radical (unpaired) electrons. The third-order valence-corrected chi connectivity index (χ3v) is 5.90. The van der Waals surface area contributed by atoms with Crippen LogP contribution in [0.1, 0.15) is 18.0 Å². The van der Waals surface area contributed by atoms with Gasteiger partial charge in [-0.2, -0.15) is 0 Å². The van der Waals surface area contributed by atoms with E-state index in [2.05, 4.69) is 64.8 Å². The summed E-state index contributed by atoms with van der Waals surface area (Å²) in [4.78, 5) is 2.45. The molecule has 0 bridgehead atoms. The smallest absolute Gasteiger partial charge is 0.0912 e. The Morgan fingerprint density at radius 2 is 1.50 bits per heavy atom. The van der Waals surface area contributed by atoms with Crippen LogP contribution in [0.3, 0.4) is 0 Å². The number of rotatable bonds is 4. The molecule has 0 aromatic heterocycles. The second-order valence-electron chi connectivity index (χ2n) is 7.29. The molecule has 0 spiro atoms. The zero-order chi connectivity index (χ0) is 17.5. The predicted octanol–water partition coefficient (Wildman–Crippen LogP) is 4.89. The van der Waals surface area contributed by atoms with Gasteiger partial charge in [0.1, 0.15) is 0 Å². The molecular formula is C23H23FN2. The summed E-state index contributed by atoms with van der Waals surface area (Å²) in [6.45, 7) is 3.64. The van der Waals surface area contributed by atoms with Crippen LogP contribution in [-0.2, 0) is 0 Å². The fourth-order valence-corrected chi connectivity index (χ4v) is 4.68. The number of alkyl halides is 1. The Morgan fingerprint density at radius 1 is 0.846 bits per heavy atom. The third kappa shape index (κ3) is 2.46. The van der Waals surface area contributed by atoms with Crippen LogP contribution in [0.5, 0.6) is 0 Å². The number of nitrogens with zero attached hydrogens (tertiary/aromatic N) is 1. The molecule has 132 valence electrons. The summed E-state index contributed by atoms with van der Waals surface area (Å²) in [6.07, 6.45) is 0.559. The predicted molar refractivity (Wildman–Crippen MR) is 108 cm³/mol. The Kier molecular flexibility index (Phi) is 3.99. The van der Waals surface area contributed by atoms with Crippen LogP contribution in [-0.4, -0.2) is 37.8 Å². The lowest BCUT2D eigenvalue weighted by Gasteiger charge is -2.35. The first-order valence-electron chi connectivity index (χ1n) is 9.54. The second-order valence-corrected chi connectivity index (χ2v) is 7.29. The Balaban J connectivity index is 1.76. The fraction of sp³-hybridized carbons (Fsp3) is 0.304. The zero-order valence-corrected chi connectivity index (χ0v) is 14.8. The molecule has 4 aromatic carbocycles. The van der Waals surface area contributed by atoms with E-state index in [0.29, 0.717) is 6.42 Å². The summed E-state index contributed by atoms with van der Waals surface area (Å²) in [5, 5.41) is 11.2. The second kappa shape index (κ2) is 6.49. The molecule has 1 fully saturated rings. The molecule has 1 heterocycles. The van der Waals surface area contributed by atoms with Gasteiger partial charge >= 0.3 is 0 Å². The highest BCUT2D eigenvalue weighted by molar-refractivity contribution is 6.23. The Hall–Kier alpha value is -2.23. The van der Waals surface area contributed by atoms with Crippen molar-refractivity contribution in [2.45, 2.75) is 12.5 Å². The maximum absolute atomic E-state index is 13.4. The lowest BCUT2D eigenvalue weighted by Crippen LogP contribution is -2.45. The molecule has 5 rings (SSSR count). The number of nitrogens with one attached hydrogen (secondary N) is 1. The molecule has 1 aliphatic rings. The number of hydrogen-bond donors (Lipinski definition) is 1. The topological polar surface area (TPSA) is 15.3 Å².